The first-order chi connectivity index (χ1) is 7.61. The molecule has 4 nitrogen and oxygen atoms in total. The quantitative estimate of drug-likeness (QED) is 0.824. The second kappa shape index (κ2) is 5.63. The Labute approximate surface area is 96.0 Å². The number of amides is 1. The maximum atomic E-state index is 12.0. The van der Waals surface area contributed by atoms with E-state index in [1.54, 1.807) is 11.9 Å². The van der Waals surface area contributed by atoms with Gasteiger partial charge >= 0.3 is 0 Å². The number of ether oxygens (including phenoxy) is 1. The molecule has 0 saturated heterocycles. The topological polar surface area (TPSA) is 55.6 Å². The third-order valence-corrected chi connectivity index (χ3v) is 2.58. The number of methoxy groups -OCH3 is 1. The Hall–Kier alpha value is -1.39. The van der Waals surface area contributed by atoms with Gasteiger partial charge in [-0.2, -0.15) is 0 Å². The van der Waals surface area contributed by atoms with Crippen molar-refractivity contribution in [3.05, 3.63) is 29.8 Å². The standard InChI is InChI=1S/C12H18N2O2/c1-9-6-4-5-7-10(9)14(2)12(15)11(8-13)16-3/h4-7,11H,8,13H2,1-3H3. The zero-order chi connectivity index (χ0) is 12.1. The number of carbonyl (C=O) groups is 1. The van der Waals surface area contributed by atoms with Crippen molar-refractivity contribution in [3.8, 4) is 0 Å². The molecule has 0 aliphatic carbocycles. The van der Waals surface area contributed by atoms with Gasteiger partial charge in [0.1, 0.15) is 6.10 Å². The highest BCUT2D eigenvalue weighted by molar-refractivity contribution is 5.96. The van der Waals surface area contributed by atoms with E-state index in [-0.39, 0.29) is 12.5 Å². The van der Waals surface area contributed by atoms with Crippen LogP contribution in [-0.4, -0.2) is 32.7 Å². The van der Waals surface area contributed by atoms with Crippen LogP contribution in [-0.2, 0) is 9.53 Å². The molecule has 1 aromatic carbocycles. The van der Waals surface area contributed by atoms with Crippen LogP contribution in [0.15, 0.2) is 24.3 Å². The number of hydrogen-bond acceptors (Lipinski definition) is 3. The Morgan fingerprint density at radius 3 is 2.62 bits per heavy atom. The molecule has 1 amide bonds. The second-order valence-corrected chi connectivity index (χ2v) is 3.64. The largest absolute Gasteiger partial charge is 0.370 e. The number of nitrogens with zero attached hydrogens (tertiary/aromatic N) is 1. The van der Waals surface area contributed by atoms with Crippen LogP contribution in [0, 0.1) is 6.92 Å². The molecule has 1 unspecified atom stereocenters. The van der Waals surface area contributed by atoms with Crippen molar-refractivity contribution in [2.45, 2.75) is 13.0 Å². The predicted molar refractivity (Wildman–Crippen MR) is 64.4 cm³/mol. The number of para-hydroxylation sites is 1. The fourth-order valence-electron chi connectivity index (χ4n) is 1.57. The van der Waals surface area contributed by atoms with Gasteiger partial charge in [0.15, 0.2) is 0 Å². The second-order valence-electron chi connectivity index (χ2n) is 3.64. The normalized spacial score (nSPS) is 12.2. The van der Waals surface area contributed by atoms with Crippen LogP contribution in [0.4, 0.5) is 5.69 Å². The minimum atomic E-state index is -0.579. The minimum absolute atomic E-state index is 0.126. The number of hydrogen-bond donors (Lipinski definition) is 1. The maximum absolute atomic E-state index is 12.0. The first-order valence-electron chi connectivity index (χ1n) is 5.18. The van der Waals surface area contributed by atoms with Gasteiger partial charge in [-0.25, -0.2) is 0 Å². The van der Waals surface area contributed by atoms with Crippen molar-refractivity contribution < 1.29 is 9.53 Å². The van der Waals surface area contributed by atoms with Gasteiger partial charge in [-0.3, -0.25) is 4.79 Å². The molecule has 0 aliphatic rings. The third-order valence-electron chi connectivity index (χ3n) is 2.58. The average Bonchev–Trinajstić information content (AvgIpc) is 2.30. The summed E-state index contributed by atoms with van der Waals surface area (Å²) in [5.74, 6) is -0.126. The number of rotatable bonds is 4. The van der Waals surface area contributed by atoms with Gasteiger partial charge in [0.25, 0.3) is 5.91 Å². The molecule has 88 valence electrons. The molecule has 0 heterocycles. The Morgan fingerprint density at radius 2 is 2.12 bits per heavy atom. The summed E-state index contributed by atoms with van der Waals surface area (Å²) in [6.07, 6.45) is -0.579. The van der Waals surface area contributed by atoms with Gasteiger partial charge in [0.05, 0.1) is 0 Å². The van der Waals surface area contributed by atoms with E-state index in [4.69, 9.17) is 10.5 Å². The lowest BCUT2D eigenvalue weighted by atomic mass is 10.1. The molecule has 1 aromatic rings. The fraction of sp³-hybridized carbons (Fsp3) is 0.417. The summed E-state index contributed by atoms with van der Waals surface area (Å²) in [7, 11) is 3.22. The van der Waals surface area contributed by atoms with E-state index in [1.165, 1.54) is 7.11 Å². The first-order valence-corrected chi connectivity index (χ1v) is 5.18. The van der Waals surface area contributed by atoms with Crippen molar-refractivity contribution >= 4 is 11.6 Å². The summed E-state index contributed by atoms with van der Waals surface area (Å²) in [5.41, 5.74) is 7.39. The monoisotopic (exact) mass is 222 g/mol. The first kappa shape index (κ1) is 12.7. The lowest BCUT2D eigenvalue weighted by molar-refractivity contribution is -0.127. The van der Waals surface area contributed by atoms with E-state index < -0.39 is 6.10 Å². The summed E-state index contributed by atoms with van der Waals surface area (Å²) >= 11 is 0. The van der Waals surface area contributed by atoms with Crippen LogP contribution in [0.5, 0.6) is 0 Å². The number of benzene rings is 1. The van der Waals surface area contributed by atoms with Crippen LogP contribution in [0.3, 0.4) is 0 Å². The lowest BCUT2D eigenvalue weighted by Crippen LogP contribution is -2.42. The molecule has 0 aromatic heterocycles. The molecule has 0 spiro atoms. The zero-order valence-corrected chi connectivity index (χ0v) is 9.93. The summed E-state index contributed by atoms with van der Waals surface area (Å²) < 4.78 is 5.03. The number of nitrogens with two attached hydrogens (primary N) is 1. The Morgan fingerprint density at radius 1 is 1.50 bits per heavy atom. The van der Waals surface area contributed by atoms with Crippen molar-refractivity contribution in [2.24, 2.45) is 5.73 Å². The van der Waals surface area contributed by atoms with Crippen molar-refractivity contribution in [3.63, 3.8) is 0 Å². The van der Waals surface area contributed by atoms with E-state index in [0.717, 1.165) is 11.3 Å². The van der Waals surface area contributed by atoms with Gasteiger partial charge in [0.2, 0.25) is 0 Å². The maximum Gasteiger partial charge on any atom is 0.257 e. The van der Waals surface area contributed by atoms with Gasteiger partial charge in [0, 0.05) is 26.4 Å². The van der Waals surface area contributed by atoms with Crippen molar-refractivity contribution in [1.82, 2.24) is 0 Å². The molecule has 0 bridgehead atoms. The summed E-state index contributed by atoms with van der Waals surface area (Å²) in [6.45, 7) is 2.15. The molecular formula is C12H18N2O2. The predicted octanol–water partition coefficient (Wildman–Crippen LogP) is 0.932. The molecule has 0 saturated carbocycles. The molecule has 0 fully saturated rings. The Bertz CT molecular complexity index is 362. The molecule has 2 N–H and O–H groups in total. The molecule has 1 atom stereocenters. The molecule has 0 radical (unpaired) electrons. The van der Waals surface area contributed by atoms with Crippen LogP contribution < -0.4 is 10.6 Å². The Kier molecular flexibility index (Phi) is 4.46. The lowest BCUT2D eigenvalue weighted by Gasteiger charge is -2.23. The highest BCUT2D eigenvalue weighted by Crippen LogP contribution is 2.18. The summed E-state index contributed by atoms with van der Waals surface area (Å²) in [6, 6.07) is 7.70. The van der Waals surface area contributed by atoms with Crippen molar-refractivity contribution in [2.75, 3.05) is 25.6 Å². The fourth-order valence-corrected chi connectivity index (χ4v) is 1.57. The minimum Gasteiger partial charge on any atom is -0.370 e. The van der Waals surface area contributed by atoms with Gasteiger partial charge in [-0.15, -0.1) is 0 Å². The number of aryl methyl sites for hydroxylation is 1. The Balaban J connectivity index is 2.90. The highest BCUT2D eigenvalue weighted by Gasteiger charge is 2.21. The molecule has 16 heavy (non-hydrogen) atoms. The third kappa shape index (κ3) is 2.59. The number of anilines is 1. The van der Waals surface area contributed by atoms with E-state index in [1.807, 2.05) is 31.2 Å². The van der Waals surface area contributed by atoms with Gasteiger partial charge in [-0.1, -0.05) is 18.2 Å². The zero-order valence-electron chi connectivity index (χ0n) is 9.93. The van der Waals surface area contributed by atoms with Crippen molar-refractivity contribution in [1.29, 1.82) is 0 Å². The van der Waals surface area contributed by atoms with E-state index in [2.05, 4.69) is 0 Å². The number of likely N-dealkylation sites (N-methyl/N-ethyl adjacent to an activating group) is 1. The SMILES string of the molecule is COC(CN)C(=O)N(C)c1ccccc1C. The van der Waals surface area contributed by atoms with Crippen LogP contribution >= 0.6 is 0 Å². The van der Waals surface area contributed by atoms with Gasteiger partial charge < -0.3 is 15.4 Å². The van der Waals surface area contributed by atoms with Crippen LogP contribution in [0.1, 0.15) is 5.56 Å². The van der Waals surface area contributed by atoms with Crippen LogP contribution in [0.2, 0.25) is 0 Å². The van der Waals surface area contributed by atoms with E-state index in [0.29, 0.717) is 0 Å². The highest BCUT2D eigenvalue weighted by atomic mass is 16.5. The summed E-state index contributed by atoms with van der Waals surface area (Å²) in [4.78, 5) is 13.6. The number of carbonyl (C=O) groups excluding carboxylic acids is 1. The summed E-state index contributed by atoms with van der Waals surface area (Å²) in [5, 5.41) is 0. The van der Waals surface area contributed by atoms with Crippen LogP contribution in [0.25, 0.3) is 0 Å². The van der Waals surface area contributed by atoms with E-state index >= 15 is 0 Å². The molecular weight excluding hydrogens is 204 g/mol. The van der Waals surface area contributed by atoms with E-state index in [9.17, 15) is 4.79 Å². The van der Waals surface area contributed by atoms with Gasteiger partial charge in [-0.05, 0) is 18.6 Å². The smallest absolute Gasteiger partial charge is 0.257 e. The molecule has 1 rings (SSSR count). The average molecular weight is 222 g/mol. The molecule has 0 aliphatic heterocycles. The molecule has 4 heteroatoms.